The number of rotatable bonds is 4. The van der Waals surface area contributed by atoms with Crippen LogP contribution in [0.4, 0.5) is 5.69 Å². The van der Waals surface area contributed by atoms with Gasteiger partial charge < -0.3 is 10.4 Å². The molecule has 0 radical (unpaired) electrons. The highest BCUT2D eigenvalue weighted by atomic mass is 35.5. The number of benzene rings is 1. The largest absolute Gasteiger partial charge is 0.478 e. The van der Waals surface area contributed by atoms with E-state index in [4.69, 9.17) is 16.7 Å². The predicted octanol–water partition coefficient (Wildman–Crippen LogP) is 4.27. The number of halogens is 1. The van der Waals surface area contributed by atoms with Crippen molar-refractivity contribution in [2.45, 2.75) is 13.0 Å². The van der Waals surface area contributed by atoms with Gasteiger partial charge in [-0.15, -0.1) is 11.3 Å². The van der Waals surface area contributed by atoms with Gasteiger partial charge in [0.1, 0.15) is 5.56 Å². The average Bonchev–Trinajstić information content (AvgIpc) is 2.81. The number of aromatic carboxylic acids is 1. The molecule has 0 spiro atoms. The van der Waals surface area contributed by atoms with Crippen molar-refractivity contribution in [3.8, 4) is 0 Å². The Morgan fingerprint density at radius 1 is 1.39 bits per heavy atom. The van der Waals surface area contributed by atoms with E-state index in [1.54, 1.807) is 29.5 Å². The Morgan fingerprint density at radius 3 is 2.78 bits per heavy atom. The summed E-state index contributed by atoms with van der Waals surface area (Å²) in [4.78, 5) is 12.3. The zero-order valence-electron chi connectivity index (χ0n) is 9.68. The zero-order valence-corrected chi connectivity index (χ0v) is 11.3. The maximum atomic E-state index is 11.2. The molecule has 0 fully saturated rings. The molecule has 1 aromatic heterocycles. The molecule has 0 aliphatic carbocycles. The molecular formula is C13H12ClNO2S. The van der Waals surface area contributed by atoms with Crippen molar-refractivity contribution in [2.75, 3.05) is 5.32 Å². The molecule has 2 rings (SSSR count). The normalized spacial score (nSPS) is 12.1. The van der Waals surface area contributed by atoms with Crippen molar-refractivity contribution >= 4 is 34.6 Å². The summed E-state index contributed by atoms with van der Waals surface area (Å²) in [6.07, 6.45) is 0. The van der Waals surface area contributed by atoms with Crippen molar-refractivity contribution < 1.29 is 9.90 Å². The van der Waals surface area contributed by atoms with Crippen molar-refractivity contribution in [1.82, 2.24) is 0 Å². The topological polar surface area (TPSA) is 49.3 Å². The third-order valence-electron chi connectivity index (χ3n) is 2.57. The van der Waals surface area contributed by atoms with Crippen LogP contribution in [0, 0.1) is 0 Å². The monoisotopic (exact) mass is 281 g/mol. The summed E-state index contributed by atoms with van der Waals surface area (Å²) in [7, 11) is 0. The van der Waals surface area contributed by atoms with Crippen molar-refractivity contribution in [1.29, 1.82) is 0 Å². The Labute approximate surface area is 114 Å². The van der Waals surface area contributed by atoms with Gasteiger partial charge in [-0.2, -0.15) is 0 Å². The predicted molar refractivity (Wildman–Crippen MR) is 74.8 cm³/mol. The fourth-order valence-corrected chi connectivity index (χ4v) is 2.69. The molecule has 0 amide bonds. The Balaban J connectivity index is 2.29. The van der Waals surface area contributed by atoms with E-state index in [1.165, 1.54) is 0 Å². The smallest absolute Gasteiger partial charge is 0.339 e. The lowest BCUT2D eigenvalue weighted by molar-refractivity contribution is 0.0698. The lowest BCUT2D eigenvalue weighted by Gasteiger charge is -2.16. The number of nitrogens with one attached hydrogen (secondary N) is 1. The van der Waals surface area contributed by atoms with Gasteiger partial charge in [0.15, 0.2) is 0 Å². The Morgan fingerprint density at radius 2 is 2.17 bits per heavy atom. The molecule has 0 saturated heterocycles. The minimum Gasteiger partial charge on any atom is -0.478 e. The molecule has 2 N–H and O–H groups in total. The van der Waals surface area contributed by atoms with Crippen LogP contribution in [0.3, 0.4) is 0 Å². The molecule has 0 bridgehead atoms. The van der Waals surface area contributed by atoms with Gasteiger partial charge in [-0.25, -0.2) is 4.79 Å². The summed E-state index contributed by atoms with van der Waals surface area (Å²) in [6, 6.07) is 9.05. The van der Waals surface area contributed by atoms with Gasteiger partial charge in [0.05, 0.1) is 16.8 Å². The zero-order chi connectivity index (χ0) is 13.1. The number of carboxylic acid groups (broad SMARTS) is 1. The highest BCUT2D eigenvalue weighted by Crippen LogP contribution is 2.29. The first-order chi connectivity index (χ1) is 8.59. The standard InChI is InChI=1S/C13H12ClNO2S/c1-8(11-6-3-7-18-11)15-10-5-2-4-9(14)12(10)13(16)17/h2-8,15H,1H3,(H,16,17). The number of anilines is 1. The maximum Gasteiger partial charge on any atom is 0.339 e. The molecule has 0 aliphatic heterocycles. The first kappa shape index (κ1) is 12.9. The molecule has 18 heavy (non-hydrogen) atoms. The van der Waals surface area contributed by atoms with Crippen LogP contribution in [0.15, 0.2) is 35.7 Å². The van der Waals surface area contributed by atoms with E-state index in [9.17, 15) is 4.79 Å². The van der Waals surface area contributed by atoms with E-state index < -0.39 is 5.97 Å². The van der Waals surface area contributed by atoms with Crippen molar-refractivity contribution in [2.24, 2.45) is 0 Å². The van der Waals surface area contributed by atoms with Gasteiger partial charge in [0, 0.05) is 4.88 Å². The number of carboxylic acids is 1. The lowest BCUT2D eigenvalue weighted by Crippen LogP contribution is -2.10. The SMILES string of the molecule is CC(Nc1cccc(Cl)c1C(=O)O)c1cccs1. The highest BCUT2D eigenvalue weighted by Gasteiger charge is 2.16. The minimum absolute atomic E-state index is 0.0431. The minimum atomic E-state index is -1.03. The van der Waals surface area contributed by atoms with Crippen molar-refractivity contribution in [3.63, 3.8) is 0 Å². The lowest BCUT2D eigenvalue weighted by atomic mass is 10.1. The molecule has 2 aromatic rings. The second-order valence-corrected chi connectivity index (χ2v) is 5.24. The van der Waals surface area contributed by atoms with Crippen LogP contribution >= 0.6 is 22.9 Å². The molecule has 1 unspecified atom stereocenters. The number of carbonyl (C=O) groups is 1. The fraction of sp³-hybridized carbons (Fsp3) is 0.154. The van der Waals surface area contributed by atoms with E-state index in [0.717, 1.165) is 4.88 Å². The third kappa shape index (κ3) is 2.66. The van der Waals surface area contributed by atoms with Gasteiger partial charge >= 0.3 is 5.97 Å². The Kier molecular flexibility index (Phi) is 3.89. The highest BCUT2D eigenvalue weighted by molar-refractivity contribution is 7.10. The molecular weight excluding hydrogens is 270 g/mol. The Hall–Kier alpha value is -1.52. The third-order valence-corrected chi connectivity index (χ3v) is 3.94. The molecule has 1 atom stereocenters. The van der Waals surface area contributed by atoms with E-state index in [-0.39, 0.29) is 16.6 Å². The van der Waals surface area contributed by atoms with Gasteiger partial charge in [0.2, 0.25) is 0 Å². The first-order valence-corrected chi connectivity index (χ1v) is 6.67. The van der Waals surface area contributed by atoms with E-state index in [2.05, 4.69) is 5.32 Å². The van der Waals surface area contributed by atoms with Crippen LogP contribution in [0.2, 0.25) is 5.02 Å². The molecule has 1 aromatic carbocycles. The fourth-order valence-electron chi connectivity index (χ4n) is 1.70. The van der Waals surface area contributed by atoms with Crippen LogP contribution in [-0.2, 0) is 0 Å². The van der Waals surface area contributed by atoms with Gasteiger partial charge in [-0.3, -0.25) is 0 Å². The second-order valence-electron chi connectivity index (χ2n) is 3.85. The molecule has 5 heteroatoms. The molecule has 0 aliphatic rings. The number of hydrogen-bond donors (Lipinski definition) is 2. The summed E-state index contributed by atoms with van der Waals surface area (Å²) in [5.41, 5.74) is 0.651. The number of hydrogen-bond acceptors (Lipinski definition) is 3. The van der Waals surface area contributed by atoms with Crippen LogP contribution < -0.4 is 5.32 Å². The summed E-state index contributed by atoms with van der Waals surface area (Å²) in [6.45, 7) is 1.98. The van der Waals surface area contributed by atoms with Crippen LogP contribution in [0.25, 0.3) is 0 Å². The average molecular weight is 282 g/mol. The van der Waals surface area contributed by atoms with E-state index in [0.29, 0.717) is 5.69 Å². The summed E-state index contributed by atoms with van der Waals surface area (Å²) in [5, 5.41) is 14.6. The summed E-state index contributed by atoms with van der Waals surface area (Å²) < 4.78 is 0. The first-order valence-electron chi connectivity index (χ1n) is 5.41. The van der Waals surface area contributed by atoms with Gasteiger partial charge in [0.25, 0.3) is 0 Å². The van der Waals surface area contributed by atoms with Crippen LogP contribution in [-0.4, -0.2) is 11.1 Å². The molecule has 0 saturated carbocycles. The van der Waals surface area contributed by atoms with Gasteiger partial charge in [-0.1, -0.05) is 23.7 Å². The maximum absolute atomic E-state index is 11.2. The second kappa shape index (κ2) is 5.42. The van der Waals surface area contributed by atoms with Gasteiger partial charge in [-0.05, 0) is 30.5 Å². The molecule has 1 heterocycles. The summed E-state index contributed by atoms with van der Waals surface area (Å²) in [5.74, 6) is -1.03. The van der Waals surface area contributed by atoms with Crippen LogP contribution in [0.5, 0.6) is 0 Å². The Bertz CT molecular complexity index is 554. The van der Waals surface area contributed by atoms with Crippen LogP contribution in [0.1, 0.15) is 28.2 Å². The van der Waals surface area contributed by atoms with E-state index >= 15 is 0 Å². The molecule has 94 valence electrons. The van der Waals surface area contributed by atoms with Crippen molar-refractivity contribution in [3.05, 3.63) is 51.2 Å². The number of thiophene rings is 1. The summed E-state index contributed by atoms with van der Waals surface area (Å²) >= 11 is 7.54. The molecule has 3 nitrogen and oxygen atoms in total. The van der Waals surface area contributed by atoms with E-state index in [1.807, 2.05) is 24.4 Å². The quantitative estimate of drug-likeness (QED) is 0.880.